The van der Waals surface area contributed by atoms with Crippen molar-refractivity contribution in [2.75, 3.05) is 17.7 Å². The standard InChI is InChI=1S/C8H9ClN2O2.ClH/c9-5-6-10-7-1-3-8(4-2-7)11(12)13;/h1-4,10H,5-6H2;1H. The number of nitrogens with one attached hydrogen (secondary N) is 1. The van der Waals surface area contributed by atoms with Gasteiger partial charge in [0, 0.05) is 30.2 Å². The highest BCUT2D eigenvalue weighted by Gasteiger charge is 2.02. The van der Waals surface area contributed by atoms with Crippen molar-refractivity contribution in [2.45, 2.75) is 0 Å². The lowest BCUT2D eigenvalue weighted by atomic mass is 10.3. The Bertz CT molecular complexity index is 290. The molecule has 0 aliphatic rings. The monoisotopic (exact) mass is 236 g/mol. The van der Waals surface area contributed by atoms with Crippen molar-refractivity contribution in [3.05, 3.63) is 34.4 Å². The molecule has 1 aromatic rings. The number of hydrogen-bond acceptors (Lipinski definition) is 3. The van der Waals surface area contributed by atoms with Crippen LogP contribution < -0.4 is 5.32 Å². The normalized spacial score (nSPS) is 8.93. The lowest BCUT2D eigenvalue weighted by Gasteiger charge is -2.02. The molecule has 0 aliphatic carbocycles. The summed E-state index contributed by atoms with van der Waals surface area (Å²) in [6.45, 7) is 0.652. The minimum absolute atomic E-state index is 0. The maximum Gasteiger partial charge on any atom is 0.269 e. The number of anilines is 1. The second-order valence-electron chi connectivity index (χ2n) is 2.42. The number of alkyl halides is 1. The molecule has 4 nitrogen and oxygen atoms in total. The van der Waals surface area contributed by atoms with Crippen LogP contribution in [0, 0.1) is 10.1 Å². The van der Waals surface area contributed by atoms with Gasteiger partial charge in [0.15, 0.2) is 0 Å². The lowest BCUT2D eigenvalue weighted by Crippen LogP contribution is -2.01. The fourth-order valence-electron chi connectivity index (χ4n) is 0.893. The average molecular weight is 237 g/mol. The molecule has 0 aliphatic heterocycles. The third-order valence-corrected chi connectivity index (χ3v) is 1.69. The molecule has 1 N–H and O–H groups in total. The highest BCUT2D eigenvalue weighted by Crippen LogP contribution is 2.14. The first-order chi connectivity index (χ1) is 6.24. The first kappa shape index (κ1) is 13.0. The van der Waals surface area contributed by atoms with E-state index >= 15 is 0 Å². The lowest BCUT2D eigenvalue weighted by molar-refractivity contribution is -0.384. The molecule has 0 bridgehead atoms. The number of rotatable bonds is 4. The molecule has 0 spiro atoms. The van der Waals surface area contributed by atoms with E-state index in [4.69, 9.17) is 11.6 Å². The molecular formula is C8H10Cl2N2O2. The Hall–Kier alpha value is -1.00. The average Bonchev–Trinajstić information content (AvgIpc) is 2.15. The Morgan fingerprint density at radius 3 is 2.36 bits per heavy atom. The minimum Gasteiger partial charge on any atom is -0.384 e. The van der Waals surface area contributed by atoms with Crippen molar-refractivity contribution in [1.82, 2.24) is 0 Å². The fourth-order valence-corrected chi connectivity index (χ4v) is 0.987. The number of benzene rings is 1. The number of nitro benzene ring substituents is 1. The third-order valence-electron chi connectivity index (χ3n) is 1.50. The van der Waals surface area contributed by atoms with E-state index in [1.54, 1.807) is 12.1 Å². The van der Waals surface area contributed by atoms with Gasteiger partial charge in [0.25, 0.3) is 5.69 Å². The van der Waals surface area contributed by atoms with Crippen LogP contribution in [0.15, 0.2) is 24.3 Å². The van der Waals surface area contributed by atoms with Crippen LogP contribution in [0.2, 0.25) is 0 Å². The molecule has 0 amide bonds. The smallest absolute Gasteiger partial charge is 0.269 e. The van der Waals surface area contributed by atoms with E-state index in [1.807, 2.05) is 0 Å². The molecule has 0 saturated carbocycles. The first-order valence-corrected chi connectivity index (χ1v) is 4.32. The maximum absolute atomic E-state index is 10.3. The zero-order valence-electron chi connectivity index (χ0n) is 7.27. The van der Waals surface area contributed by atoms with Crippen LogP contribution in [0.3, 0.4) is 0 Å². The van der Waals surface area contributed by atoms with Crippen LogP contribution >= 0.6 is 24.0 Å². The van der Waals surface area contributed by atoms with Gasteiger partial charge in [0.2, 0.25) is 0 Å². The van der Waals surface area contributed by atoms with Gasteiger partial charge in [-0.15, -0.1) is 24.0 Å². The van der Waals surface area contributed by atoms with Gasteiger partial charge in [0.1, 0.15) is 0 Å². The molecule has 0 aromatic heterocycles. The van der Waals surface area contributed by atoms with E-state index in [2.05, 4.69) is 5.32 Å². The van der Waals surface area contributed by atoms with E-state index in [1.165, 1.54) is 12.1 Å². The predicted octanol–water partition coefficient (Wildman–Crippen LogP) is 2.67. The van der Waals surface area contributed by atoms with Crippen LogP contribution in [0.5, 0.6) is 0 Å². The molecule has 0 unspecified atom stereocenters. The molecule has 6 heteroatoms. The number of halogens is 2. The second-order valence-corrected chi connectivity index (χ2v) is 2.80. The van der Waals surface area contributed by atoms with E-state index in [9.17, 15) is 10.1 Å². The maximum atomic E-state index is 10.3. The quantitative estimate of drug-likeness (QED) is 0.497. The third kappa shape index (κ3) is 3.81. The summed E-state index contributed by atoms with van der Waals surface area (Å²) in [6, 6.07) is 6.22. The van der Waals surface area contributed by atoms with Crippen LogP contribution in [0.25, 0.3) is 0 Å². The van der Waals surface area contributed by atoms with Crippen molar-refractivity contribution < 1.29 is 4.92 Å². The minimum atomic E-state index is -0.425. The van der Waals surface area contributed by atoms with Crippen molar-refractivity contribution in [2.24, 2.45) is 0 Å². The highest BCUT2D eigenvalue weighted by atomic mass is 35.5. The van der Waals surface area contributed by atoms with Crippen LogP contribution in [-0.4, -0.2) is 17.3 Å². The first-order valence-electron chi connectivity index (χ1n) is 3.78. The topological polar surface area (TPSA) is 55.2 Å². The molecular weight excluding hydrogens is 227 g/mol. The number of non-ortho nitro benzene ring substituents is 1. The van der Waals surface area contributed by atoms with E-state index in [-0.39, 0.29) is 18.1 Å². The van der Waals surface area contributed by atoms with Gasteiger partial charge in [-0.25, -0.2) is 0 Å². The summed E-state index contributed by atoms with van der Waals surface area (Å²) in [5, 5.41) is 13.3. The fraction of sp³-hybridized carbons (Fsp3) is 0.250. The summed E-state index contributed by atoms with van der Waals surface area (Å²) >= 11 is 5.46. The van der Waals surface area contributed by atoms with Gasteiger partial charge >= 0.3 is 0 Å². The van der Waals surface area contributed by atoms with Crippen molar-refractivity contribution in [1.29, 1.82) is 0 Å². The molecule has 1 rings (SSSR count). The van der Waals surface area contributed by atoms with E-state index in [0.717, 1.165) is 5.69 Å². The summed E-state index contributed by atoms with van der Waals surface area (Å²) in [6.07, 6.45) is 0. The largest absolute Gasteiger partial charge is 0.384 e. The Balaban J connectivity index is 0.00000169. The SMILES string of the molecule is Cl.O=[N+]([O-])c1ccc(NCCCl)cc1. The molecule has 78 valence electrons. The van der Waals surface area contributed by atoms with Gasteiger partial charge < -0.3 is 5.32 Å². The zero-order chi connectivity index (χ0) is 9.68. The Morgan fingerprint density at radius 2 is 1.93 bits per heavy atom. The van der Waals surface area contributed by atoms with Gasteiger partial charge in [-0.2, -0.15) is 0 Å². The van der Waals surface area contributed by atoms with Crippen molar-refractivity contribution in [3.63, 3.8) is 0 Å². The summed E-state index contributed by atoms with van der Waals surface area (Å²) in [5.41, 5.74) is 0.933. The predicted molar refractivity (Wildman–Crippen MR) is 59.6 cm³/mol. The number of hydrogen-bond donors (Lipinski definition) is 1. The van der Waals surface area contributed by atoms with Crippen LogP contribution in [0.4, 0.5) is 11.4 Å². The molecule has 0 saturated heterocycles. The van der Waals surface area contributed by atoms with Gasteiger partial charge in [0.05, 0.1) is 4.92 Å². The second kappa shape index (κ2) is 6.45. The van der Waals surface area contributed by atoms with E-state index in [0.29, 0.717) is 12.4 Å². The highest BCUT2D eigenvalue weighted by molar-refractivity contribution is 6.18. The van der Waals surface area contributed by atoms with Gasteiger partial charge in [-0.1, -0.05) is 0 Å². The summed E-state index contributed by atoms with van der Waals surface area (Å²) < 4.78 is 0. The molecule has 14 heavy (non-hydrogen) atoms. The molecule has 0 radical (unpaired) electrons. The Kier molecular flexibility index (Phi) is 5.99. The number of nitrogens with zero attached hydrogens (tertiary/aromatic N) is 1. The number of nitro groups is 1. The summed E-state index contributed by atoms with van der Waals surface area (Å²) in [5.74, 6) is 0.511. The molecule has 1 aromatic carbocycles. The van der Waals surface area contributed by atoms with Crippen LogP contribution in [0.1, 0.15) is 0 Å². The van der Waals surface area contributed by atoms with Crippen molar-refractivity contribution in [3.8, 4) is 0 Å². The Morgan fingerprint density at radius 1 is 1.36 bits per heavy atom. The molecule has 0 fully saturated rings. The van der Waals surface area contributed by atoms with Crippen molar-refractivity contribution >= 4 is 35.4 Å². The summed E-state index contributed by atoms with van der Waals surface area (Å²) in [7, 11) is 0. The van der Waals surface area contributed by atoms with Gasteiger partial charge in [-0.3, -0.25) is 10.1 Å². The van der Waals surface area contributed by atoms with Gasteiger partial charge in [-0.05, 0) is 12.1 Å². The molecule has 0 atom stereocenters. The van der Waals surface area contributed by atoms with Crippen LogP contribution in [-0.2, 0) is 0 Å². The van der Waals surface area contributed by atoms with E-state index < -0.39 is 4.92 Å². The summed E-state index contributed by atoms with van der Waals surface area (Å²) in [4.78, 5) is 9.87. The zero-order valence-corrected chi connectivity index (χ0v) is 8.85. The molecule has 0 heterocycles. The Labute approximate surface area is 92.8 Å².